The van der Waals surface area contributed by atoms with Gasteiger partial charge < -0.3 is 10.1 Å². The molecule has 0 saturated carbocycles. The first-order valence-electron chi connectivity index (χ1n) is 6.67. The van der Waals surface area contributed by atoms with Crippen molar-refractivity contribution in [1.29, 1.82) is 0 Å². The van der Waals surface area contributed by atoms with Gasteiger partial charge in [0, 0.05) is 5.56 Å². The Morgan fingerprint density at radius 3 is 2.64 bits per heavy atom. The summed E-state index contributed by atoms with van der Waals surface area (Å²) in [5.41, 5.74) is 1.64. The number of carbonyl (C=O) groups is 1. The van der Waals surface area contributed by atoms with Gasteiger partial charge >= 0.3 is 0 Å². The molecule has 0 saturated heterocycles. The molecule has 2 aromatic carbocycles. The van der Waals surface area contributed by atoms with Gasteiger partial charge in [0.2, 0.25) is 0 Å². The second-order valence-corrected chi connectivity index (χ2v) is 4.73. The Morgan fingerprint density at radius 1 is 1.18 bits per heavy atom. The third-order valence-corrected chi connectivity index (χ3v) is 3.21. The zero-order valence-electron chi connectivity index (χ0n) is 11.8. The molecule has 0 atom stereocenters. The minimum atomic E-state index is -0.373. The lowest BCUT2D eigenvalue weighted by atomic mass is 10.2. The molecule has 1 aliphatic rings. The second kappa shape index (κ2) is 5.81. The first kappa shape index (κ1) is 14.0. The van der Waals surface area contributed by atoms with Crippen LogP contribution >= 0.6 is 0 Å². The predicted molar refractivity (Wildman–Crippen MR) is 82.1 cm³/mol. The number of carbonyl (C=O) groups excluding carboxylic acids is 1. The third kappa shape index (κ3) is 2.88. The molecule has 3 rings (SSSR count). The van der Waals surface area contributed by atoms with Crippen LogP contribution in [-0.4, -0.2) is 18.9 Å². The fourth-order valence-electron chi connectivity index (χ4n) is 2.10. The van der Waals surface area contributed by atoms with Gasteiger partial charge in [-0.2, -0.15) is 0 Å². The van der Waals surface area contributed by atoms with Gasteiger partial charge in [-0.25, -0.2) is 9.38 Å². The van der Waals surface area contributed by atoms with Crippen molar-refractivity contribution in [3.63, 3.8) is 0 Å². The summed E-state index contributed by atoms with van der Waals surface area (Å²) >= 11 is 0. The molecule has 1 amide bonds. The van der Waals surface area contributed by atoms with E-state index in [1.165, 1.54) is 12.1 Å². The molecule has 2 aromatic rings. The van der Waals surface area contributed by atoms with Crippen LogP contribution in [-0.2, 0) is 4.79 Å². The molecule has 4 nitrogen and oxygen atoms in total. The molecule has 0 aromatic heterocycles. The summed E-state index contributed by atoms with van der Waals surface area (Å²) in [5, 5.41) is 2.64. The Balaban J connectivity index is 1.90. The zero-order valence-corrected chi connectivity index (χ0v) is 11.8. The van der Waals surface area contributed by atoms with Gasteiger partial charge in [-0.3, -0.25) is 4.79 Å². The lowest BCUT2D eigenvalue weighted by molar-refractivity contribution is -0.115. The Morgan fingerprint density at radius 2 is 1.95 bits per heavy atom. The second-order valence-electron chi connectivity index (χ2n) is 4.73. The maximum absolute atomic E-state index is 13.2. The van der Waals surface area contributed by atoms with Crippen LogP contribution in [0.4, 0.5) is 4.39 Å². The van der Waals surface area contributed by atoms with E-state index in [1.807, 2.05) is 12.1 Å². The van der Waals surface area contributed by atoms with Crippen molar-refractivity contribution in [2.45, 2.75) is 0 Å². The number of amidine groups is 1. The van der Waals surface area contributed by atoms with Crippen LogP contribution < -0.4 is 10.1 Å². The Bertz CT molecular complexity index is 780. The fraction of sp³-hybridized carbons (Fsp3) is 0.0588. The highest BCUT2D eigenvalue weighted by molar-refractivity contribution is 6.19. The van der Waals surface area contributed by atoms with E-state index in [0.29, 0.717) is 11.4 Å². The number of nitrogens with zero attached hydrogens (tertiary/aromatic N) is 1. The third-order valence-electron chi connectivity index (χ3n) is 3.21. The first-order valence-corrected chi connectivity index (χ1v) is 6.67. The molecule has 0 fully saturated rings. The molecular formula is C17H13FN2O2. The van der Waals surface area contributed by atoms with Crippen LogP contribution in [0.25, 0.3) is 6.08 Å². The zero-order chi connectivity index (χ0) is 15.5. The van der Waals surface area contributed by atoms with Gasteiger partial charge in [-0.05, 0) is 35.9 Å². The van der Waals surface area contributed by atoms with Crippen molar-refractivity contribution in [3.05, 3.63) is 71.2 Å². The number of nitrogens with one attached hydrogen (secondary N) is 1. The van der Waals surface area contributed by atoms with Crippen molar-refractivity contribution in [3.8, 4) is 5.75 Å². The molecule has 0 aliphatic carbocycles. The van der Waals surface area contributed by atoms with E-state index >= 15 is 0 Å². The molecular weight excluding hydrogens is 283 g/mol. The quantitative estimate of drug-likeness (QED) is 0.885. The van der Waals surface area contributed by atoms with E-state index in [0.717, 1.165) is 11.3 Å². The van der Waals surface area contributed by atoms with Crippen LogP contribution in [0.5, 0.6) is 5.75 Å². The maximum atomic E-state index is 13.2. The van der Waals surface area contributed by atoms with E-state index in [4.69, 9.17) is 4.74 Å². The molecule has 0 spiro atoms. The number of methoxy groups -OCH3 is 1. The summed E-state index contributed by atoms with van der Waals surface area (Å²) in [5.74, 6) is 0.406. The summed E-state index contributed by atoms with van der Waals surface area (Å²) in [7, 11) is 1.59. The van der Waals surface area contributed by atoms with E-state index in [2.05, 4.69) is 10.3 Å². The minimum Gasteiger partial charge on any atom is -0.497 e. The van der Waals surface area contributed by atoms with Crippen molar-refractivity contribution in [2.24, 2.45) is 4.99 Å². The monoisotopic (exact) mass is 296 g/mol. The molecule has 0 bridgehead atoms. The Hall–Kier alpha value is -2.95. The van der Waals surface area contributed by atoms with E-state index in [-0.39, 0.29) is 17.4 Å². The number of halogens is 1. The highest BCUT2D eigenvalue weighted by Crippen LogP contribution is 2.18. The first-order chi connectivity index (χ1) is 10.7. The average Bonchev–Trinajstić information content (AvgIpc) is 2.89. The summed E-state index contributed by atoms with van der Waals surface area (Å²) in [4.78, 5) is 16.2. The number of benzene rings is 2. The molecule has 5 heteroatoms. The Kier molecular flexibility index (Phi) is 3.70. The molecule has 0 unspecified atom stereocenters. The van der Waals surface area contributed by atoms with Crippen LogP contribution in [0.15, 0.2) is 59.2 Å². The number of hydrogen-bond acceptors (Lipinski definition) is 3. The molecule has 110 valence electrons. The van der Waals surface area contributed by atoms with Crippen LogP contribution in [0, 0.1) is 5.82 Å². The van der Waals surface area contributed by atoms with Gasteiger partial charge in [0.25, 0.3) is 5.91 Å². The number of hydrogen-bond donors (Lipinski definition) is 1. The van der Waals surface area contributed by atoms with Gasteiger partial charge in [0.15, 0.2) is 0 Å². The van der Waals surface area contributed by atoms with Crippen molar-refractivity contribution in [2.75, 3.05) is 7.11 Å². The van der Waals surface area contributed by atoms with Crippen molar-refractivity contribution < 1.29 is 13.9 Å². The molecule has 1 heterocycles. The summed E-state index contributed by atoms with van der Waals surface area (Å²) in [6.45, 7) is 0. The van der Waals surface area contributed by atoms with Crippen LogP contribution in [0.2, 0.25) is 0 Å². The van der Waals surface area contributed by atoms with E-state index in [1.54, 1.807) is 37.5 Å². The van der Waals surface area contributed by atoms with Gasteiger partial charge in [-0.1, -0.05) is 24.3 Å². The summed E-state index contributed by atoms with van der Waals surface area (Å²) in [6.07, 6.45) is 1.67. The molecule has 22 heavy (non-hydrogen) atoms. The number of rotatable bonds is 3. The highest BCUT2D eigenvalue weighted by atomic mass is 19.1. The molecule has 0 radical (unpaired) electrons. The lowest BCUT2D eigenvalue weighted by Crippen LogP contribution is -2.24. The molecule has 1 N–H and O–H groups in total. The predicted octanol–water partition coefficient (Wildman–Crippen LogP) is 2.75. The smallest absolute Gasteiger partial charge is 0.275 e. The maximum Gasteiger partial charge on any atom is 0.275 e. The minimum absolute atomic E-state index is 0.282. The topological polar surface area (TPSA) is 50.7 Å². The van der Waals surface area contributed by atoms with Crippen LogP contribution in [0.1, 0.15) is 11.1 Å². The largest absolute Gasteiger partial charge is 0.497 e. The molecule has 1 aliphatic heterocycles. The number of aliphatic imine (C=N–C) groups is 1. The van der Waals surface area contributed by atoms with Crippen LogP contribution in [0.3, 0.4) is 0 Å². The SMILES string of the molecule is COc1ccc(C=C2N=C(c3cccc(F)c3)NC2=O)cc1. The van der Waals surface area contributed by atoms with E-state index in [9.17, 15) is 9.18 Å². The summed E-state index contributed by atoms with van der Waals surface area (Å²) < 4.78 is 18.3. The highest BCUT2D eigenvalue weighted by Gasteiger charge is 2.21. The van der Waals surface area contributed by atoms with E-state index < -0.39 is 0 Å². The average molecular weight is 296 g/mol. The van der Waals surface area contributed by atoms with Gasteiger partial charge in [0.05, 0.1) is 7.11 Å². The normalized spacial score (nSPS) is 15.6. The number of amides is 1. The van der Waals surface area contributed by atoms with Crippen molar-refractivity contribution in [1.82, 2.24) is 5.32 Å². The van der Waals surface area contributed by atoms with Crippen molar-refractivity contribution >= 4 is 17.8 Å². The lowest BCUT2D eigenvalue weighted by Gasteiger charge is -1.99. The standard InChI is InChI=1S/C17H13FN2O2/c1-22-14-7-5-11(6-8-14)9-15-17(21)20-16(19-15)12-3-2-4-13(18)10-12/h2-10H,1H3,(H,19,20,21). The Labute approximate surface area is 127 Å². The van der Waals surface area contributed by atoms with Gasteiger partial charge in [0.1, 0.15) is 23.1 Å². The van der Waals surface area contributed by atoms with Gasteiger partial charge in [-0.15, -0.1) is 0 Å². The number of ether oxygens (including phenoxy) is 1. The summed E-state index contributed by atoms with van der Waals surface area (Å²) in [6, 6.07) is 13.2. The fourth-order valence-corrected chi connectivity index (χ4v) is 2.10.